The molecular formula is C28H27N5O4. The lowest BCUT2D eigenvalue weighted by Gasteiger charge is -2.21. The molecule has 0 bridgehead atoms. The molecule has 1 amide bonds. The van der Waals surface area contributed by atoms with E-state index in [1.807, 2.05) is 32.0 Å². The van der Waals surface area contributed by atoms with Crippen molar-refractivity contribution >= 4 is 34.2 Å². The first-order valence-electron chi connectivity index (χ1n) is 11.9. The van der Waals surface area contributed by atoms with Crippen molar-refractivity contribution in [3.63, 3.8) is 0 Å². The number of nitrogens with zero attached hydrogens (tertiary/aromatic N) is 2. The van der Waals surface area contributed by atoms with Gasteiger partial charge in [0.05, 0.1) is 28.6 Å². The van der Waals surface area contributed by atoms with Crippen LogP contribution in [0.15, 0.2) is 59.4 Å². The number of aromatic carboxylic acids is 1. The lowest BCUT2D eigenvalue weighted by molar-refractivity contribution is 0.0697. The fourth-order valence-corrected chi connectivity index (χ4v) is 4.99. The fraction of sp³-hybridized carbons (Fsp3) is 0.214. The van der Waals surface area contributed by atoms with Crippen LogP contribution in [0.5, 0.6) is 0 Å². The number of para-hydroxylation sites is 1. The number of fused-ring (bicyclic) bond motifs is 2. The predicted molar refractivity (Wildman–Crippen MR) is 142 cm³/mol. The molecule has 0 aliphatic carbocycles. The highest BCUT2D eigenvalue weighted by atomic mass is 16.4. The quantitative estimate of drug-likeness (QED) is 0.317. The van der Waals surface area contributed by atoms with Gasteiger partial charge < -0.3 is 21.5 Å². The summed E-state index contributed by atoms with van der Waals surface area (Å²) in [6, 6.07) is 15.2. The molecule has 0 spiro atoms. The van der Waals surface area contributed by atoms with E-state index in [4.69, 9.17) is 10.7 Å². The number of aryl methyl sites for hydroxylation is 1. The summed E-state index contributed by atoms with van der Waals surface area (Å²) in [5.74, 6) is -0.948. The van der Waals surface area contributed by atoms with Gasteiger partial charge in [-0.05, 0) is 61.4 Å². The third kappa shape index (κ3) is 4.29. The van der Waals surface area contributed by atoms with Crippen molar-refractivity contribution in [1.82, 2.24) is 9.55 Å². The molecule has 1 aromatic heterocycles. The predicted octanol–water partition coefficient (Wildman–Crippen LogP) is 3.92. The molecule has 0 saturated heterocycles. The van der Waals surface area contributed by atoms with E-state index in [0.29, 0.717) is 34.4 Å². The number of rotatable bonds is 6. The van der Waals surface area contributed by atoms with Crippen LogP contribution in [0.25, 0.3) is 10.9 Å². The number of carbonyl (C=O) groups is 2. The number of benzene rings is 3. The van der Waals surface area contributed by atoms with Gasteiger partial charge in [-0.15, -0.1) is 0 Å². The van der Waals surface area contributed by atoms with E-state index in [1.54, 1.807) is 48.0 Å². The highest BCUT2D eigenvalue weighted by molar-refractivity contribution is 5.94. The number of primary amides is 1. The molecule has 9 heteroatoms. The van der Waals surface area contributed by atoms with Crippen LogP contribution in [0.3, 0.4) is 0 Å². The van der Waals surface area contributed by atoms with Crippen molar-refractivity contribution in [2.75, 3.05) is 10.6 Å². The first-order chi connectivity index (χ1) is 17.6. The van der Waals surface area contributed by atoms with Crippen LogP contribution in [0, 0.1) is 6.92 Å². The molecule has 4 aromatic rings. The highest BCUT2D eigenvalue weighted by Gasteiger charge is 2.28. The Balaban J connectivity index is 1.58. The minimum atomic E-state index is -1.02. The Labute approximate surface area is 213 Å². The summed E-state index contributed by atoms with van der Waals surface area (Å²) < 4.78 is 1.56. The van der Waals surface area contributed by atoms with Crippen molar-refractivity contribution < 1.29 is 14.7 Å². The lowest BCUT2D eigenvalue weighted by Crippen LogP contribution is -2.27. The van der Waals surface area contributed by atoms with E-state index < -0.39 is 11.9 Å². The van der Waals surface area contributed by atoms with Gasteiger partial charge in [-0.25, -0.2) is 9.78 Å². The number of carboxylic acids is 1. The van der Waals surface area contributed by atoms with Crippen LogP contribution < -0.4 is 21.9 Å². The van der Waals surface area contributed by atoms with Crippen molar-refractivity contribution in [1.29, 1.82) is 0 Å². The molecular weight excluding hydrogens is 470 g/mol. The second kappa shape index (κ2) is 9.09. The molecule has 5 N–H and O–H groups in total. The number of amides is 1. The number of anilines is 2. The third-order valence-electron chi connectivity index (χ3n) is 6.84. The van der Waals surface area contributed by atoms with Gasteiger partial charge in [0.15, 0.2) is 0 Å². The van der Waals surface area contributed by atoms with Gasteiger partial charge in [0.2, 0.25) is 5.91 Å². The third-order valence-corrected chi connectivity index (χ3v) is 6.84. The van der Waals surface area contributed by atoms with Crippen molar-refractivity contribution in [2.45, 2.75) is 32.4 Å². The topological polar surface area (TPSA) is 139 Å². The van der Waals surface area contributed by atoms with Crippen molar-refractivity contribution in [3.8, 4) is 0 Å². The van der Waals surface area contributed by atoms with Gasteiger partial charge in [0.25, 0.3) is 5.56 Å². The summed E-state index contributed by atoms with van der Waals surface area (Å²) in [6.45, 7) is 3.83. The number of hydrogen-bond acceptors (Lipinski definition) is 6. The Morgan fingerprint density at radius 2 is 1.95 bits per heavy atom. The minimum Gasteiger partial charge on any atom is -0.478 e. The molecule has 2 atom stereocenters. The minimum absolute atomic E-state index is 0.166. The SMILES string of the molecule is Cc1cc(C(C)Nc2ccccc2C(=O)O)c2nc(C3Cc4cc(C(N)=O)ccc4N3)n(C)c(=O)c2c1. The number of aromatic nitrogens is 2. The summed E-state index contributed by atoms with van der Waals surface area (Å²) in [4.78, 5) is 41.8. The highest BCUT2D eigenvalue weighted by Crippen LogP contribution is 2.35. The smallest absolute Gasteiger partial charge is 0.337 e. The van der Waals surface area contributed by atoms with E-state index in [-0.39, 0.29) is 23.2 Å². The molecule has 0 fully saturated rings. The van der Waals surface area contributed by atoms with E-state index in [2.05, 4.69) is 10.6 Å². The van der Waals surface area contributed by atoms with Gasteiger partial charge in [-0.3, -0.25) is 14.2 Å². The van der Waals surface area contributed by atoms with Crippen molar-refractivity contribution in [3.05, 3.63) is 98.6 Å². The van der Waals surface area contributed by atoms with Crippen LogP contribution >= 0.6 is 0 Å². The average molecular weight is 498 g/mol. The number of carbonyl (C=O) groups excluding carboxylic acids is 1. The number of nitrogens with two attached hydrogens (primary N) is 1. The largest absolute Gasteiger partial charge is 0.478 e. The van der Waals surface area contributed by atoms with E-state index in [9.17, 15) is 19.5 Å². The van der Waals surface area contributed by atoms with Crippen molar-refractivity contribution in [2.24, 2.45) is 12.8 Å². The van der Waals surface area contributed by atoms with E-state index in [0.717, 1.165) is 22.4 Å². The van der Waals surface area contributed by atoms with Crippen LogP contribution in [-0.4, -0.2) is 26.5 Å². The van der Waals surface area contributed by atoms with Gasteiger partial charge >= 0.3 is 5.97 Å². The monoisotopic (exact) mass is 497 g/mol. The molecule has 5 rings (SSSR count). The Hall–Kier alpha value is -4.66. The molecule has 3 aromatic carbocycles. The zero-order chi connectivity index (χ0) is 26.4. The van der Waals surface area contributed by atoms with Crippen LogP contribution in [0.2, 0.25) is 0 Å². The molecule has 0 saturated carbocycles. The maximum Gasteiger partial charge on any atom is 0.337 e. The molecule has 0 radical (unpaired) electrons. The maximum atomic E-state index is 13.5. The summed E-state index contributed by atoms with van der Waals surface area (Å²) >= 11 is 0. The Morgan fingerprint density at radius 1 is 1.19 bits per heavy atom. The number of hydrogen-bond donors (Lipinski definition) is 4. The van der Waals surface area contributed by atoms with Crippen LogP contribution in [0.1, 0.15) is 62.2 Å². The summed E-state index contributed by atoms with van der Waals surface area (Å²) in [5, 5.41) is 16.8. The molecule has 1 aliphatic rings. The van der Waals surface area contributed by atoms with E-state index in [1.165, 1.54) is 0 Å². The number of nitrogens with one attached hydrogen (secondary N) is 2. The zero-order valence-corrected chi connectivity index (χ0v) is 20.7. The normalized spacial score (nSPS) is 15.2. The van der Waals surface area contributed by atoms with Crippen LogP contribution in [-0.2, 0) is 13.5 Å². The first kappa shape index (κ1) is 24.1. The molecule has 9 nitrogen and oxygen atoms in total. The zero-order valence-electron chi connectivity index (χ0n) is 20.7. The molecule has 1 aliphatic heterocycles. The molecule has 2 unspecified atom stereocenters. The summed E-state index contributed by atoms with van der Waals surface area (Å²) in [7, 11) is 1.70. The average Bonchev–Trinajstić information content (AvgIpc) is 3.29. The maximum absolute atomic E-state index is 13.5. The molecule has 37 heavy (non-hydrogen) atoms. The van der Waals surface area contributed by atoms with E-state index >= 15 is 0 Å². The Morgan fingerprint density at radius 3 is 2.68 bits per heavy atom. The second-order valence-electron chi connectivity index (χ2n) is 9.44. The van der Waals surface area contributed by atoms with Gasteiger partial charge in [-0.2, -0.15) is 0 Å². The van der Waals surface area contributed by atoms with Gasteiger partial charge in [0.1, 0.15) is 5.82 Å². The van der Waals surface area contributed by atoms with Gasteiger partial charge in [0, 0.05) is 36.0 Å². The number of carboxylic acid groups (broad SMARTS) is 1. The summed E-state index contributed by atoms with van der Waals surface area (Å²) in [5.41, 5.74) is 10.4. The van der Waals surface area contributed by atoms with Gasteiger partial charge in [-0.1, -0.05) is 18.2 Å². The standard InChI is InChI=1S/C28H27N5O4/c1-14-10-19(15(2)30-22-7-5-4-6-18(22)28(36)37)24-20(11-14)27(35)33(3)26(32-24)23-13-17-12-16(25(29)34)8-9-21(17)31-23/h4-12,15,23,30-31H,13H2,1-3H3,(H2,29,34)(H,36,37). The molecule has 188 valence electrons. The lowest BCUT2D eigenvalue weighted by atomic mass is 10.00. The fourth-order valence-electron chi connectivity index (χ4n) is 4.99. The molecule has 2 heterocycles. The second-order valence-corrected chi connectivity index (χ2v) is 9.44. The van der Waals surface area contributed by atoms with Crippen LogP contribution in [0.4, 0.5) is 11.4 Å². The summed E-state index contributed by atoms with van der Waals surface area (Å²) in [6.07, 6.45) is 0.545. The first-order valence-corrected chi connectivity index (χ1v) is 11.9. The Bertz CT molecular complexity index is 1640. The Kier molecular flexibility index (Phi) is 5.91.